The van der Waals surface area contributed by atoms with Gasteiger partial charge in [-0.15, -0.1) is 11.3 Å². The van der Waals surface area contributed by atoms with Gasteiger partial charge in [-0.2, -0.15) is 0 Å². The van der Waals surface area contributed by atoms with Crippen molar-refractivity contribution >= 4 is 34.1 Å². The number of amides is 3. The molecule has 6 nitrogen and oxygen atoms in total. The first-order valence-corrected chi connectivity index (χ1v) is 9.14. The van der Waals surface area contributed by atoms with Gasteiger partial charge < -0.3 is 10.6 Å². The maximum Gasteiger partial charge on any atom is 0.319 e. The van der Waals surface area contributed by atoms with Gasteiger partial charge in [0.2, 0.25) is 0 Å². The van der Waals surface area contributed by atoms with Crippen LogP contribution >= 0.6 is 11.3 Å². The Morgan fingerprint density at radius 1 is 1.20 bits per heavy atom. The summed E-state index contributed by atoms with van der Waals surface area (Å²) in [7, 11) is 0. The summed E-state index contributed by atoms with van der Waals surface area (Å²) in [5, 5.41) is 10.9. The highest BCUT2D eigenvalue weighted by molar-refractivity contribution is 7.14. The van der Waals surface area contributed by atoms with Crippen molar-refractivity contribution in [3.05, 3.63) is 40.9 Å². The van der Waals surface area contributed by atoms with Gasteiger partial charge in [-0.25, -0.2) is 9.78 Å². The van der Waals surface area contributed by atoms with E-state index in [-0.39, 0.29) is 23.4 Å². The van der Waals surface area contributed by atoms with E-state index >= 15 is 0 Å². The number of nitrogens with zero attached hydrogens (tertiary/aromatic N) is 1. The Hall–Kier alpha value is -2.41. The Balaban J connectivity index is 1.64. The third-order valence-electron chi connectivity index (χ3n) is 3.79. The average Bonchev–Trinajstić information content (AvgIpc) is 3.20. The molecule has 2 aromatic rings. The molecule has 3 N–H and O–H groups in total. The summed E-state index contributed by atoms with van der Waals surface area (Å²) in [6.07, 6.45) is 2.06. The minimum absolute atomic E-state index is 0.0573. The van der Waals surface area contributed by atoms with Crippen molar-refractivity contribution in [2.75, 3.05) is 10.6 Å². The Morgan fingerprint density at radius 3 is 2.60 bits per heavy atom. The molecule has 1 heterocycles. The van der Waals surface area contributed by atoms with E-state index in [2.05, 4.69) is 41.7 Å². The Bertz CT molecular complexity index is 790. The highest BCUT2D eigenvalue weighted by Crippen LogP contribution is 2.26. The summed E-state index contributed by atoms with van der Waals surface area (Å²) in [5.41, 5.74) is 1.94. The minimum Gasteiger partial charge on any atom is -0.335 e. The van der Waals surface area contributed by atoms with Crippen LogP contribution in [0.15, 0.2) is 29.6 Å². The smallest absolute Gasteiger partial charge is 0.319 e. The van der Waals surface area contributed by atoms with Crippen LogP contribution in [0.25, 0.3) is 0 Å². The number of urea groups is 1. The van der Waals surface area contributed by atoms with Crippen molar-refractivity contribution in [3.63, 3.8) is 0 Å². The summed E-state index contributed by atoms with van der Waals surface area (Å²) in [6.45, 7) is 6.24. The average molecular weight is 358 g/mol. The number of carbonyl (C=O) groups excluding carboxylic acids is 2. The second kappa shape index (κ2) is 6.84. The molecule has 1 aromatic heterocycles. The molecule has 3 rings (SSSR count). The van der Waals surface area contributed by atoms with E-state index < -0.39 is 0 Å². The van der Waals surface area contributed by atoms with E-state index in [1.54, 1.807) is 24.3 Å². The van der Waals surface area contributed by atoms with E-state index in [1.165, 1.54) is 11.3 Å². The van der Waals surface area contributed by atoms with Crippen LogP contribution in [-0.4, -0.2) is 23.0 Å². The number of anilines is 2. The maximum absolute atomic E-state index is 12.4. The van der Waals surface area contributed by atoms with Gasteiger partial charge in [0.05, 0.1) is 5.69 Å². The molecule has 0 spiro atoms. The largest absolute Gasteiger partial charge is 0.335 e. The third kappa shape index (κ3) is 4.79. The van der Waals surface area contributed by atoms with Gasteiger partial charge in [0.25, 0.3) is 5.91 Å². The van der Waals surface area contributed by atoms with Crippen molar-refractivity contribution in [3.8, 4) is 0 Å². The van der Waals surface area contributed by atoms with E-state index in [1.807, 2.05) is 5.38 Å². The number of benzene rings is 1. The molecular weight excluding hydrogens is 336 g/mol. The van der Waals surface area contributed by atoms with Crippen LogP contribution in [0.2, 0.25) is 0 Å². The van der Waals surface area contributed by atoms with Crippen LogP contribution in [0.4, 0.5) is 15.6 Å². The number of nitrogens with one attached hydrogen (secondary N) is 3. The molecule has 132 valence electrons. The molecule has 1 fully saturated rings. The van der Waals surface area contributed by atoms with Gasteiger partial charge in [0.1, 0.15) is 0 Å². The molecular formula is C18H22N4O2S. The summed E-state index contributed by atoms with van der Waals surface area (Å²) < 4.78 is 0. The van der Waals surface area contributed by atoms with Crippen LogP contribution in [-0.2, 0) is 5.41 Å². The predicted octanol–water partition coefficient (Wildman–Crippen LogP) is 3.98. The highest BCUT2D eigenvalue weighted by Gasteiger charge is 2.23. The fraction of sp³-hybridized carbons (Fsp3) is 0.389. The third-order valence-corrected chi connectivity index (χ3v) is 4.55. The number of carbonyl (C=O) groups is 2. The molecule has 0 unspecified atom stereocenters. The van der Waals surface area contributed by atoms with Gasteiger partial charge in [-0.3, -0.25) is 10.1 Å². The van der Waals surface area contributed by atoms with Gasteiger partial charge in [-0.05, 0) is 31.0 Å². The lowest BCUT2D eigenvalue weighted by molar-refractivity contribution is 0.102. The van der Waals surface area contributed by atoms with Crippen molar-refractivity contribution < 1.29 is 9.59 Å². The molecule has 0 saturated heterocycles. The van der Waals surface area contributed by atoms with Gasteiger partial charge in [0, 0.05) is 28.1 Å². The standard InChI is InChI=1S/C18H22N4O2S/c1-18(2,3)14-10-25-17(21-14)22-15(23)11-5-4-6-13(9-11)20-16(24)19-12-7-8-12/h4-6,9-10,12H,7-8H2,1-3H3,(H2,19,20,24)(H,21,22,23). The molecule has 7 heteroatoms. The first-order valence-electron chi connectivity index (χ1n) is 8.26. The minimum atomic E-state index is -0.249. The lowest BCUT2D eigenvalue weighted by atomic mass is 9.93. The Kier molecular flexibility index (Phi) is 4.76. The summed E-state index contributed by atoms with van der Waals surface area (Å²) in [6, 6.07) is 6.90. The van der Waals surface area contributed by atoms with Gasteiger partial charge in [-0.1, -0.05) is 26.8 Å². The molecule has 0 radical (unpaired) electrons. The molecule has 0 bridgehead atoms. The summed E-state index contributed by atoms with van der Waals surface area (Å²) in [4.78, 5) is 28.7. The Morgan fingerprint density at radius 2 is 1.96 bits per heavy atom. The van der Waals surface area contributed by atoms with Crippen molar-refractivity contribution in [2.24, 2.45) is 0 Å². The normalized spacial score (nSPS) is 14.0. The zero-order valence-corrected chi connectivity index (χ0v) is 15.4. The highest BCUT2D eigenvalue weighted by atomic mass is 32.1. The zero-order chi connectivity index (χ0) is 18.0. The van der Waals surface area contributed by atoms with Crippen molar-refractivity contribution in [2.45, 2.75) is 45.1 Å². The zero-order valence-electron chi connectivity index (χ0n) is 14.6. The van der Waals surface area contributed by atoms with Gasteiger partial charge >= 0.3 is 6.03 Å². The second-order valence-electron chi connectivity index (χ2n) is 7.20. The van der Waals surface area contributed by atoms with Crippen LogP contribution < -0.4 is 16.0 Å². The lowest BCUT2D eigenvalue weighted by Crippen LogP contribution is -2.30. The SMILES string of the molecule is CC(C)(C)c1csc(NC(=O)c2cccc(NC(=O)NC3CC3)c2)n1. The topological polar surface area (TPSA) is 83.1 Å². The number of rotatable bonds is 4. The monoisotopic (exact) mass is 358 g/mol. The first-order chi connectivity index (χ1) is 11.8. The maximum atomic E-state index is 12.4. The number of hydrogen-bond donors (Lipinski definition) is 3. The fourth-order valence-corrected chi connectivity index (χ4v) is 3.10. The molecule has 25 heavy (non-hydrogen) atoms. The quantitative estimate of drug-likeness (QED) is 0.773. The van der Waals surface area contributed by atoms with Crippen LogP contribution in [0.1, 0.15) is 49.7 Å². The van der Waals surface area contributed by atoms with E-state index in [9.17, 15) is 9.59 Å². The molecule has 1 saturated carbocycles. The van der Waals surface area contributed by atoms with E-state index in [0.717, 1.165) is 18.5 Å². The summed E-state index contributed by atoms with van der Waals surface area (Å²) in [5.74, 6) is -0.249. The molecule has 1 aromatic carbocycles. The van der Waals surface area contributed by atoms with E-state index in [4.69, 9.17) is 0 Å². The van der Waals surface area contributed by atoms with Crippen LogP contribution in [0, 0.1) is 0 Å². The molecule has 0 atom stereocenters. The van der Waals surface area contributed by atoms with Crippen LogP contribution in [0.3, 0.4) is 0 Å². The number of thiazole rings is 1. The molecule has 0 aliphatic heterocycles. The lowest BCUT2D eigenvalue weighted by Gasteiger charge is -2.14. The molecule has 1 aliphatic rings. The van der Waals surface area contributed by atoms with Crippen molar-refractivity contribution in [1.29, 1.82) is 0 Å². The summed E-state index contributed by atoms with van der Waals surface area (Å²) >= 11 is 1.41. The van der Waals surface area contributed by atoms with Gasteiger partial charge in [0.15, 0.2) is 5.13 Å². The Labute approximate surface area is 151 Å². The second-order valence-corrected chi connectivity index (χ2v) is 8.05. The molecule has 1 aliphatic carbocycles. The van der Waals surface area contributed by atoms with Crippen LogP contribution in [0.5, 0.6) is 0 Å². The van der Waals surface area contributed by atoms with E-state index in [0.29, 0.717) is 16.4 Å². The first kappa shape index (κ1) is 17.4. The molecule has 3 amide bonds. The number of hydrogen-bond acceptors (Lipinski definition) is 4. The fourth-order valence-electron chi connectivity index (χ4n) is 2.16. The number of aromatic nitrogens is 1. The predicted molar refractivity (Wildman–Crippen MR) is 100 cm³/mol. The van der Waals surface area contributed by atoms with Crippen molar-refractivity contribution in [1.82, 2.24) is 10.3 Å².